The van der Waals surface area contributed by atoms with Crippen LogP contribution < -0.4 is 5.43 Å². The molecule has 0 bridgehead atoms. The monoisotopic (exact) mass is 272 g/mol. The van der Waals surface area contributed by atoms with Gasteiger partial charge in [-0.3, -0.25) is 5.43 Å². The average molecular weight is 273 g/mol. The molecule has 0 fully saturated rings. The number of anilines is 1. The summed E-state index contributed by atoms with van der Waals surface area (Å²) < 4.78 is 1.57. The average Bonchev–Trinajstić information content (AvgIpc) is 2.88. The highest BCUT2D eigenvalue weighted by atomic mass is 35.5. The molecule has 0 unspecified atom stereocenters. The van der Waals surface area contributed by atoms with Gasteiger partial charge in [-0.1, -0.05) is 23.7 Å². The third kappa shape index (κ3) is 2.69. The summed E-state index contributed by atoms with van der Waals surface area (Å²) >= 11 is 5.80. The van der Waals surface area contributed by atoms with Crippen molar-refractivity contribution in [2.75, 3.05) is 5.43 Å². The van der Waals surface area contributed by atoms with Crippen molar-refractivity contribution in [3.63, 3.8) is 0 Å². The van der Waals surface area contributed by atoms with Gasteiger partial charge in [0.1, 0.15) is 6.33 Å². The van der Waals surface area contributed by atoms with Gasteiger partial charge in [-0.15, -0.1) is 15.3 Å². The van der Waals surface area contributed by atoms with Gasteiger partial charge >= 0.3 is 0 Å². The molecule has 0 aliphatic rings. The lowest BCUT2D eigenvalue weighted by atomic mass is 10.2. The van der Waals surface area contributed by atoms with Crippen LogP contribution in [0.5, 0.6) is 0 Å². The van der Waals surface area contributed by atoms with Gasteiger partial charge in [0.15, 0.2) is 11.5 Å². The van der Waals surface area contributed by atoms with Crippen molar-refractivity contribution in [1.29, 1.82) is 0 Å². The van der Waals surface area contributed by atoms with E-state index < -0.39 is 0 Å². The van der Waals surface area contributed by atoms with Gasteiger partial charge in [0.25, 0.3) is 0 Å². The fourth-order valence-corrected chi connectivity index (χ4v) is 1.64. The highest BCUT2D eigenvalue weighted by Gasteiger charge is 1.97. The van der Waals surface area contributed by atoms with Gasteiger partial charge in [-0.2, -0.15) is 9.62 Å². The maximum absolute atomic E-state index is 5.80. The van der Waals surface area contributed by atoms with Crippen LogP contribution in [0.1, 0.15) is 5.56 Å². The quantitative estimate of drug-likeness (QED) is 0.586. The van der Waals surface area contributed by atoms with Crippen LogP contribution in [-0.2, 0) is 0 Å². The van der Waals surface area contributed by atoms with E-state index in [9.17, 15) is 0 Å². The molecule has 0 saturated heterocycles. The molecule has 6 nitrogen and oxygen atoms in total. The highest BCUT2D eigenvalue weighted by molar-refractivity contribution is 6.30. The van der Waals surface area contributed by atoms with Crippen LogP contribution in [0.15, 0.2) is 47.8 Å². The third-order valence-corrected chi connectivity index (χ3v) is 2.68. The SMILES string of the molecule is Clc1ccc(/C=N\Nc2ccc3nncn3n2)cc1. The molecule has 1 N–H and O–H groups in total. The summed E-state index contributed by atoms with van der Waals surface area (Å²) in [7, 11) is 0. The largest absolute Gasteiger partial charge is 0.260 e. The lowest BCUT2D eigenvalue weighted by Crippen LogP contribution is -1.98. The Kier molecular flexibility index (Phi) is 3.07. The number of fused-ring (bicyclic) bond motifs is 1. The second-order valence-electron chi connectivity index (χ2n) is 3.77. The standard InChI is InChI=1S/C12H9ClN6/c13-10-3-1-9(2-4-10)7-14-16-11-5-6-12-17-15-8-19(12)18-11/h1-8H,(H,16,18)/b14-7-. The van der Waals surface area contributed by atoms with E-state index >= 15 is 0 Å². The number of halogens is 1. The summed E-state index contributed by atoms with van der Waals surface area (Å²) in [4.78, 5) is 0. The third-order valence-electron chi connectivity index (χ3n) is 2.42. The van der Waals surface area contributed by atoms with Gasteiger partial charge in [-0.05, 0) is 29.8 Å². The Balaban J connectivity index is 1.72. The Hall–Kier alpha value is -2.47. The minimum absolute atomic E-state index is 0.609. The molecule has 0 aliphatic heterocycles. The molecule has 7 heteroatoms. The molecule has 3 rings (SSSR count). The molecule has 3 aromatic rings. The van der Waals surface area contributed by atoms with Gasteiger partial charge < -0.3 is 0 Å². The minimum atomic E-state index is 0.609. The Morgan fingerprint density at radius 2 is 2.00 bits per heavy atom. The molecule has 0 radical (unpaired) electrons. The number of nitrogens with zero attached hydrogens (tertiary/aromatic N) is 5. The summed E-state index contributed by atoms with van der Waals surface area (Å²) in [5, 5.41) is 16.6. The molecule has 0 aliphatic carbocycles. The van der Waals surface area contributed by atoms with E-state index in [2.05, 4.69) is 25.8 Å². The molecule has 0 amide bonds. The number of hydrogen-bond donors (Lipinski definition) is 1. The molecule has 1 aromatic carbocycles. The Morgan fingerprint density at radius 3 is 2.84 bits per heavy atom. The lowest BCUT2D eigenvalue weighted by Gasteiger charge is -1.99. The number of rotatable bonds is 3. The van der Waals surface area contributed by atoms with Gasteiger partial charge in [0, 0.05) is 5.02 Å². The van der Waals surface area contributed by atoms with Crippen LogP contribution in [0.3, 0.4) is 0 Å². The summed E-state index contributed by atoms with van der Waals surface area (Å²) in [5.74, 6) is 0.609. The van der Waals surface area contributed by atoms with Crippen LogP contribution in [0, 0.1) is 0 Å². The Morgan fingerprint density at radius 1 is 1.16 bits per heavy atom. The van der Waals surface area contributed by atoms with E-state index in [-0.39, 0.29) is 0 Å². The van der Waals surface area contributed by atoms with E-state index in [4.69, 9.17) is 11.6 Å². The van der Waals surface area contributed by atoms with E-state index in [1.807, 2.05) is 24.3 Å². The zero-order valence-corrected chi connectivity index (χ0v) is 10.5. The fourth-order valence-electron chi connectivity index (χ4n) is 1.51. The van der Waals surface area contributed by atoms with E-state index in [1.165, 1.54) is 6.33 Å². The number of nitrogens with one attached hydrogen (secondary N) is 1. The van der Waals surface area contributed by atoms with Crippen LogP contribution in [0.4, 0.5) is 5.82 Å². The van der Waals surface area contributed by atoms with Crippen molar-refractivity contribution in [3.8, 4) is 0 Å². The smallest absolute Gasteiger partial charge is 0.177 e. The molecule has 2 heterocycles. The van der Waals surface area contributed by atoms with Gasteiger partial charge in [0.05, 0.1) is 6.21 Å². The van der Waals surface area contributed by atoms with Crippen molar-refractivity contribution in [2.45, 2.75) is 0 Å². The number of aromatic nitrogens is 4. The van der Waals surface area contributed by atoms with Crippen molar-refractivity contribution in [1.82, 2.24) is 19.8 Å². The molecular weight excluding hydrogens is 264 g/mol. The maximum Gasteiger partial charge on any atom is 0.177 e. The van der Waals surface area contributed by atoms with Crippen molar-refractivity contribution < 1.29 is 0 Å². The molecule has 19 heavy (non-hydrogen) atoms. The number of hydrogen-bond acceptors (Lipinski definition) is 5. The predicted octanol–water partition coefficient (Wildman–Crippen LogP) is 2.22. The molecule has 2 aromatic heterocycles. The second kappa shape index (κ2) is 5.03. The van der Waals surface area contributed by atoms with Crippen LogP contribution in [-0.4, -0.2) is 26.0 Å². The first-order valence-corrected chi connectivity index (χ1v) is 5.91. The minimum Gasteiger partial charge on any atom is -0.260 e. The van der Waals surface area contributed by atoms with E-state index in [1.54, 1.807) is 22.9 Å². The summed E-state index contributed by atoms with van der Waals surface area (Å²) in [6.45, 7) is 0. The van der Waals surface area contributed by atoms with Crippen LogP contribution in [0.2, 0.25) is 5.02 Å². The molecule has 0 atom stereocenters. The van der Waals surface area contributed by atoms with E-state index in [0.29, 0.717) is 16.5 Å². The highest BCUT2D eigenvalue weighted by Crippen LogP contribution is 2.08. The van der Waals surface area contributed by atoms with E-state index in [0.717, 1.165) is 5.56 Å². The van der Waals surface area contributed by atoms with Crippen molar-refractivity contribution >= 4 is 29.3 Å². The Bertz CT molecular complexity index is 718. The molecule has 0 spiro atoms. The first-order valence-electron chi connectivity index (χ1n) is 5.53. The lowest BCUT2D eigenvalue weighted by molar-refractivity contribution is 0.925. The summed E-state index contributed by atoms with van der Waals surface area (Å²) in [6.07, 6.45) is 3.22. The predicted molar refractivity (Wildman–Crippen MR) is 73.5 cm³/mol. The van der Waals surface area contributed by atoms with Gasteiger partial charge in [0.2, 0.25) is 0 Å². The first kappa shape index (κ1) is 11.6. The molecule has 94 valence electrons. The van der Waals surface area contributed by atoms with Crippen LogP contribution in [0.25, 0.3) is 5.65 Å². The maximum atomic E-state index is 5.80. The fraction of sp³-hybridized carbons (Fsp3) is 0. The van der Waals surface area contributed by atoms with Crippen molar-refractivity contribution in [2.24, 2.45) is 5.10 Å². The van der Waals surface area contributed by atoms with Gasteiger partial charge in [-0.25, -0.2) is 0 Å². The number of hydrazone groups is 1. The van der Waals surface area contributed by atoms with Crippen molar-refractivity contribution in [3.05, 3.63) is 53.3 Å². The Labute approximate surface area is 113 Å². The summed E-state index contributed by atoms with van der Waals surface area (Å²) in [5.41, 5.74) is 4.47. The molecule has 0 saturated carbocycles. The van der Waals surface area contributed by atoms with Crippen LogP contribution >= 0.6 is 11.6 Å². The first-order chi connectivity index (χ1) is 9.31. The zero-order chi connectivity index (χ0) is 13.1. The second-order valence-corrected chi connectivity index (χ2v) is 4.21. The summed E-state index contributed by atoms with van der Waals surface area (Å²) in [6, 6.07) is 11.0. The molecular formula is C12H9ClN6. The topological polar surface area (TPSA) is 67.5 Å². The zero-order valence-electron chi connectivity index (χ0n) is 9.73. The normalized spacial score (nSPS) is 11.2. The number of benzene rings is 1.